The summed E-state index contributed by atoms with van der Waals surface area (Å²) in [5.41, 5.74) is 8.40. The van der Waals surface area contributed by atoms with Crippen LogP contribution < -0.4 is 10.5 Å². The minimum Gasteiger partial charge on any atom is -0.496 e. The summed E-state index contributed by atoms with van der Waals surface area (Å²) in [4.78, 5) is 0. The molecule has 0 amide bonds. The monoisotopic (exact) mass is 271 g/mol. The highest BCUT2D eigenvalue weighted by atomic mass is 19.1. The van der Waals surface area contributed by atoms with Crippen molar-refractivity contribution in [2.75, 3.05) is 7.11 Å². The van der Waals surface area contributed by atoms with Gasteiger partial charge >= 0.3 is 0 Å². The molecule has 104 valence electrons. The average molecular weight is 271 g/mol. The highest BCUT2D eigenvalue weighted by Crippen LogP contribution is 2.54. The Bertz CT molecular complexity index is 599. The van der Waals surface area contributed by atoms with Gasteiger partial charge in [-0.1, -0.05) is 30.3 Å². The van der Waals surface area contributed by atoms with Crippen LogP contribution in [0.5, 0.6) is 5.75 Å². The molecule has 0 saturated heterocycles. The zero-order valence-corrected chi connectivity index (χ0v) is 11.4. The van der Waals surface area contributed by atoms with Crippen molar-refractivity contribution in [1.29, 1.82) is 0 Å². The lowest BCUT2D eigenvalue weighted by Gasteiger charge is -2.16. The molecule has 0 heterocycles. The Hall–Kier alpha value is -1.87. The maximum atomic E-state index is 13.4. The summed E-state index contributed by atoms with van der Waals surface area (Å²) < 4.78 is 18.7. The Morgan fingerprint density at radius 3 is 2.65 bits per heavy atom. The Labute approximate surface area is 118 Å². The first-order valence-corrected chi connectivity index (χ1v) is 6.84. The molecule has 3 rings (SSSR count). The summed E-state index contributed by atoms with van der Waals surface area (Å²) in [5, 5.41) is 0. The van der Waals surface area contributed by atoms with E-state index in [0.717, 1.165) is 12.0 Å². The lowest BCUT2D eigenvalue weighted by molar-refractivity contribution is 0.401. The van der Waals surface area contributed by atoms with Gasteiger partial charge in [0.05, 0.1) is 7.11 Å². The summed E-state index contributed by atoms with van der Waals surface area (Å²) in [5.74, 6) is 1.22. The van der Waals surface area contributed by atoms with Crippen molar-refractivity contribution in [3.63, 3.8) is 0 Å². The van der Waals surface area contributed by atoms with Crippen molar-refractivity contribution in [2.45, 2.75) is 18.4 Å². The second kappa shape index (κ2) is 5.25. The van der Waals surface area contributed by atoms with Crippen LogP contribution in [0.3, 0.4) is 0 Å². The van der Waals surface area contributed by atoms with Gasteiger partial charge in [-0.3, -0.25) is 0 Å². The van der Waals surface area contributed by atoms with Crippen LogP contribution in [0.4, 0.5) is 4.39 Å². The zero-order chi connectivity index (χ0) is 14.1. The highest BCUT2D eigenvalue weighted by Gasteiger charge is 2.43. The van der Waals surface area contributed by atoms with Crippen LogP contribution >= 0.6 is 0 Å². The molecule has 2 aromatic rings. The molecule has 1 saturated carbocycles. The molecule has 0 bridgehead atoms. The van der Waals surface area contributed by atoms with Crippen molar-refractivity contribution in [2.24, 2.45) is 11.7 Å². The Balaban J connectivity index is 1.81. The molecular formula is C17H18FNO. The van der Waals surface area contributed by atoms with Gasteiger partial charge in [0.1, 0.15) is 11.6 Å². The fourth-order valence-electron chi connectivity index (χ4n) is 2.89. The smallest absolute Gasteiger partial charge is 0.123 e. The fourth-order valence-corrected chi connectivity index (χ4v) is 2.89. The minimum atomic E-state index is -0.270. The molecule has 1 fully saturated rings. The van der Waals surface area contributed by atoms with Crippen molar-refractivity contribution < 1.29 is 9.13 Å². The van der Waals surface area contributed by atoms with Gasteiger partial charge in [0, 0.05) is 11.6 Å². The van der Waals surface area contributed by atoms with E-state index in [2.05, 4.69) is 12.1 Å². The third-order valence-corrected chi connectivity index (χ3v) is 4.08. The van der Waals surface area contributed by atoms with E-state index in [4.69, 9.17) is 10.5 Å². The topological polar surface area (TPSA) is 35.2 Å². The molecule has 3 heteroatoms. The van der Waals surface area contributed by atoms with E-state index in [1.807, 2.05) is 18.2 Å². The van der Waals surface area contributed by atoms with E-state index in [0.29, 0.717) is 17.6 Å². The summed E-state index contributed by atoms with van der Waals surface area (Å²) in [7, 11) is 1.59. The van der Waals surface area contributed by atoms with Crippen LogP contribution in [0.15, 0.2) is 48.5 Å². The number of benzene rings is 2. The van der Waals surface area contributed by atoms with Gasteiger partial charge < -0.3 is 10.5 Å². The first-order chi connectivity index (χ1) is 9.70. The van der Waals surface area contributed by atoms with Crippen LogP contribution in [0.2, 0.25) is 0 Å². The van der Waals surface area contributed by atoms with Gasteiger partial charge in [-0.2, -0.15) is 0 Å². The number of hydrogen-bond acceptors (Lipinski definition) is 2. The number of halogens is 1. The molecule has 1 aliphatic carbocycles. The van der Waals surface area contributed by atoms with E-state index < -0.39 is 0 Å². The summed E-state index contributed by atoms with van der Waals surface area (Å²) in [6.45, 7) is 0. The fraction of sp³-hybridized carbons (Fsp3) is 0.294. The zero-order valence-electron chi connectivity index (χ0n) is 11.4. The third-order valence-electron chi connectivity index (χ3n) is 4.08. The van der Waals surface area contributed by atoms with Crippen LogP contribution in [0.25, 0.3) is 0 Å². The minimum absolute atomic E-state index is 0.189. The van der Waals surface area contributed by atoms with E-state index >= 15 is 0 Å². The first-order valence-electron chi connectivity index (χ1n) is 6.84. The molecular weight excluding hydrogens is 253 g/mol. The van der Waals surface area contributed by atoms with Gasteiger partial charge in [0.2, 0.25) is 0 Å². The summed E-state index contributed by atoms with van der Waals surface area (Å²) in [6.07, 6.45) is 1.05. The SMILES string of the molecule is COc1ccc(F)cc1C(N)C1CC1c1ccccc1. The summed E-state index contributed by atoms with van der Waals surface area (Å²) in [6, 6.07) is 14.7. The predicted molar refractivity (Wildman–Crippen MR) is 77.2 cm³/mol. The second-order valence-corrected chi connectivity index (χ2v) is 5.33. The first kappa shape index (κ1) is 13.1. The van der Waals surface area contributed by atoms with E-state index in [9.17, 15) is 4.39 Å². The molecule has 0 radical (unpaired) electrons. The average Bonchev–Trinajstić information content (AvgIpc) is 3.28. The molecule has 1 aliphatic rings. The summed E-state index contributed by atoms with van der Waals surface area (Å²) >= 11 is 0. The third kappa shape index (κ3) is 2.41. The number of methoxy groups -OCH3 is 1. The maximum Gasteiger partial charge on any atom is 0.123 e. The van der Waals surface area contributed by atoms with Gasteiger partial charge in [-0.25, -0.2) is 4.39 Å². The van der Waals surface area contributed by atoms with Crippen molar-refractivity contribution >= 4 is 0 Å². The molecule has 3 atom stereocenters. The highest BCUT2D eigenvalue weighted by molar-refractivity contribution is 5.39. The van der Waals surface area contributed by atoms with Gasteiger partial charge in [0.25, 0.3) is 0 Å². The molecule has 2 N–H and O–H groups in total. The van der Waals surface area contributed by atoms with E-state index in [-0.39, 0.29) is 11.9 Å². The van der Waals surface area contributed by atoms with Gasteiger partial charge in [-0.15, -0.1) is 0 Å². The standard InChI is InChI=1S/C17H18FNO/c1-20-16-8-7-12(18)9-15(16)17(19)14-10-13(14)11-5-3-2-4-6-11/h2-9,13-14,17H,10,19H2,1H3. The quantitative estimate of drug-likeness (QED) is 0.921. The molecule has 20 heavy (non-hydrogen) atoms. The number of rotatable bonds is 4. The van der Waals surface area contributed by atoms with Crippen molar-refractivity contribution in [3.05, 3.63) is 65.5 Å². The van der Waals surface area contributed by atoms with Crippen molar-refractivity contribution in [3.8, 4) is 5.75 Å². The Morgan fingerprint density at radius 1 is 1.20 bits per heavy atom. The largest absolute Gasteiger partial charge is 0.496 e. The lowest BCUT2D eigenvalue weighted by Crippen LogP contribution is -2.15. The second-order valence-electron chi connectivity index (χ2n) is 5.33. The van der Waals surface area contributed by atoms with Gasteiger partial charge in [0.15, 0.2) is 0 Å². The van der Waals surface area contributed by atoms with E-state index in [1.165, 1.54) is 17.7 Å². The van der Waals surface area contributed by atoms with Crippen LogP contribution in [-0.2, 0) is 0 Å². The number of nitrogens with two attached hydrogens (primary N) is 1. The molecule has 0 spiro atoms. The molecule has 2 nitrogen and oxygen atoms in total. The molecule has 2 aromatic carbocycles. The van der Waals surface area contributed by atoms with Crippen LogP contribution in [0.1, 0.15) is 29.5 Å². The lowest BCUT2D eigenvalue weighted by atomic mass is 9.98. The van der Waals surface area contributed by atoms with Gasteiger partial charge in [-0.05, 0) is 42.0 Å². The molecule has 3 unspecified atom stereocenters. The normalized spacial score (nSPS) is 22.4. The Morgan fingerprint density at radius 2 is 1.95 bits per heavy atom. The predicted octanol–water partition coefficient (Wildman–Crippen LogP) is 3.64. The molecule has 0 aromatic heterocycles. The number of ether oxygens (including phenoxy) is 1. The van der Waals surface area contributed by atoms with Crippen molar-refractivity contribution in [1.82, 2.24) is 0 Å². The maximum absolute atomic E-state index is 13.4. The van der Waals surface area contributed by atoms with Crippen LogP contribution in [0, 0.1) is 11.7 Å². The molecule has 0 aliphatic heterocycles. The van der Waals surface area contributed by atoms with E-state index in [1.54, 1.807) is 13.2 Å². The Kier molecular flexibility index (Phi) is 3.45. The number of hydrogen-bond donors (Lipinski definition) is 1. The van der Waals surface area contributed by atoms with Crippen LogP contribution in [-0.4, -0.2) is 7.11 Å².